The van der Waals surface area contributed by atoms with Gasteiger partial charge in [-0.3, -0.25) is 4.79 Å². The molecular weight excluding hydrogens is 318 g/mol. The Labute approximate surface area is 147 Å². The summed E-state index contributed by atoms with van der Waals surface area (Å²) in [6.07, 6.45) is 2.11. The van der Waals surface area contributed by atoms with Crippen LogP contribution in [0.5, 0.6) is 17.2 Å². The summed E-state index contributed by atoms with van der Waals surface area (Å²) in [6.45, 7) is 1.66. The van der Waals surface area contributed by atoms with Crippen LogP contribution in [0.3, 0.4) is 0 Å². The molecule has 1 heterocycles. The highest BCUT2D eigenvalue weighted by atomic mass is 16.6. The number of benzene rings is 2. The lowest BCUT2D eigenvalue weighted by Crippen LogP contribution is -2.22. The molecule has 5 heteroatoms. The normalized spacial score (nSPS) is 12.5. The first-order chi connectivity index (χ1) is 12.3. The predicted molar refractivity (Wildman–Crippen MR) is 95.2 cm³/mol. The van der Waals surface area contributed by atoms with Crippen LogP contribution in [0.2, 0.25) is 0 Å². The molecule has 0 aromatic heterocycles. The van der Waals surface area contributed by atoms with Gasteiger partial charge in [0.05, 0.1) is 7.11 Å². The Bertz CT molecular complexity index is 729. The fourth-order valence-electron chi connectivity index (χ4n) is 2.83. The first kappa shape index (κ1) is 17.1. The van der Waals surface area contributed by atoms with Crippen molar-refractivity contribution in [2.75, 3.05) is 20.3 Å². The molecule has 3 rings (SSSR count). The summed E-state index contributed by atoms with van der Waals surface area (Å²) in [5, 5.41) is 2.95. The van der Waals surface area contributed by atoms with Gasteiger partial charge in [-0.1, -0.05) is 24.3 Å². The summed E-state index contributed by atoms with van der Waals surface area (Å²) in [5.74, 6) is 2.43. The average Bonchev–Trinajstić information content (AvgIpc) is 2.66. The number of aryl methyl sites for hydroxylation is 1. The van der Waals surface area contributed by atoms with Crippen molar-refractivity contribution in [1.82, 2.24) is 5.32 Å². The standard InChI is InChI=1S/C20H23NO4/c1-23-17-7-3-2-6-16(17)14-21-20(22)8-4-5-15-9-10-18-19(13-15)25-12-11-24-18/h2-3,6-7,9-10,13H,4-5,8,11-12,14H2,1H3,(H,21,22). The van der Waals surface area contributed by atoms with Crippen LogP contribution in [0, 0.1) is 0 Å². The van der Waals surface area contributed by atoms with Gasteiger partial charge in [-0.2, -0.15) is 0 Å². The van der Waals surface area contributed by atoms with E-state index in [0.717, 1.165) is 41.2 Å². The molecule has 5 nitrogen and oxygen atoms in total. The van der Waals surface area contributed by atoms with Crippen molar-refractivity contribution in [1.29, 1.82) is 0 Å². The van der Waals surface area contributed by atoms with Gasteiger partial charge in [0.1, 0.15) is 19.0 Å². The number of nitrogens with one attached hydrogen (secondary N) is 1. The molecule has 0 atom stereocenters. The molecule has 25 heavy (non-hydrogen) atoms. The molecule has 0 unspecified atom stereocenters. The Morgan fingerprint density at radius 2 is 1.92 bits per heavy atom. The predicted octanol–water partition coefficient (Wildman–Crippen LogP) is 3.11. The maximum atomic E-state index is 12.0. The van der Waals surface area contributed by atoms with E-state index in [1.54, 1.807) is 7.11 Å². The smallest absolute Gasteiger partial charge is 0.220 e. The van der Waals surface area contributed by atoms with Crippen molar-refractivity contribution in [2.45, 2.75) is 25.8 Å². The van der Waals surface area contributed by atoms with E-state index in [0.29, 0.717) is 26.2 Å². The Balaban J connectivity index is 1.43. The van der Waals surface area contributed by atoms with E-state index < -0.39 is 0 Å². The highest BCUT2D eigenvalue weighted by Crippen LogP contribution is 2.31. The van der Waals surface area contributed by atoms with Crippen LogP contribution in [0.4, 0.5) is 0 Å². The second-order valence-electron chi connectivity index (χ2n) is 5.92. The van der Waals surface area contributed by atoms with Gasteiger partial charge < -0.3 is 19.5 Å². The molecule has 0 spiro atoms. The summed E-state index contributed by atoms with van der Waals surface area (Å²) in [5.41, 5.74) is 2.13. The number of methoxy groups -OCH3 is 1. The number of fused-ring (bicyclic) bond motifs is 1. The number of rotatable bonds is 7. The van der Waals surface area contributed by atoms with Crippen molar-refractivity contribution >= 4 is 5.91 Å². The molecule has 1 amide bonds. The molecule has 0 fully saturated rings. The van der Waals surface area contributed by atoms with Crippen molar-refractivity contribution in [2.24, 2.45) is 0 Å². The molecular formula is C20H23NO4. The van der Waals surface area contributed by atoms with E-state index in [-0.39, 0.29) is 5.91 Å². The van der Waals surface area contributed by atoms with Crippen molar-refractivity contribution < 1.29 is 19.0 Å². The number of hydrogen-bond donors (Lipinski definition) is 1. The molecule has 0 radical (unpaired) electrons. The first-order valence-corrected chi connectivity index (χ1v) is 8.53. The van der Waals surface area contributed by atoms with E-state index in [4.69, 9.17) is 14.2 Å². The van der Waals surface area contributed by atoms with Crippen LogP contribution < -0.4 is 19.5 Å². The third-order valence-electron chi connectivity index (χ3n) is 4.14. The highest BCUT2D eigenvalue weighted by molar-refractivity contribution is 5.75. The zero-order valence-electron chi connectivity index (χ0n) is 14.4. The first-order valence-electron chi connectivity index (χ1n) is 8.53. The molecule has 0 aliphatic carbocycles. The minimum Gasteiger partial charge on any atom is -0.496 e. The number of hydrogen-bond acceptors (Lipinski definition) is 4. The molecule has 1 aliphatic rings. The highest BCUT2D eigenvalue weighted by Gasteiger charge is 2.12. The molecule has 0 saturated carbocycles. The molecule has 1 N–H and O–H groups in total. The third-order valence-corrected chi connectivity index (χ3v) is 4.14. The van der Waals surface area contributed by atoms with E-state index in [1.807, 2.05) is 42.5 Å². The lowest BCUT2D eigenvalue weighted by atomic mass is 10.1. The number of ether oxygens (including phenoxy) is 3. The summed E-state index contributed by atoms with van der Waals surface area (Å²) >= 11 is 0. The number of para-hydroxylation sites is 1. The van der Waals surface area contributed by atoms with Gasteiger partial charge in [-0.05, 0) is 36.6 Å². The van der Waals surface area contributed by atoms with Gasteiger partial charge >= 0.3 is 0 Å². The topological polar surface area (TPSA) is 56.8 Å². The largest absolute Gasteiger partial charge is 0.496 e. The second kappa shape index (κ2) is 8.42. The Morgan fingerprint density at radius 1 is 1.12 bits per heavy atom. The van der Waals surface area contributed by atoms with Crippen molar-refractivity contribution in [3.8, 4) is 17.2 Å². The third kappa shape index (κ3) is 4.66. The number of carbonyl (C=O) groups excluding carboxylic acids is 1. The summed E-state index contributed by atoms with van der Waals surface area (Å²) in [6, 6.07) is 13.7. The lowest BCUT2D eigenvalue weighted by Gasteiger charge is -2.18. The average molecular weight is 341 g/mol. The SMILES string of the molecule is COc1ccccc1CNC(=O)CCCc1ccc2c(c1)OCCO2. The maximum Gasteiger partial charge on any atom is 0.220 e. The summed E-state index contributed by atoms with van der Waals surface area (Å²) in [7, 11) is 1.63. The van der Waals surface area contributed by atoms with E-state index in [1.165, 1.54) is 0 Å². The van der Waals surface area contributed by atoms with E-state index in [9.17, 15) is 4.79 Å². The maximum absolute atomic E-state index is 12.0. The minimum absolute atomic E-state index is 0.0449. The molecule has 2 aromatic carbocycles. The summed E-state index contributed by atoms with van der Waals surface area (Å²) < 4.78 is 16.4. The fraction of sp³-hybridized carbons (Fsp3) is 0.350. The van der Waals surface area contributed by atoms with Gasteiger partial charge in [0.25, 0.3) is 0 Å². The zero-order valence-corrected chi connectivity index (χ0v) is 14.4. The van der Waals surface area contributed by atoms with Gasteiger partial charge in [0, 0.05) is 18.5 Å². The second-order valence-corrected chi connectivity index (χ2v) is 5.92. The lowest BCUT2D eigenvalue weighted by molar-refractivity contribution is -0.121. The minimum atomic E-state index is 0.0449. The Morgan fingerprint density at radius 3 is 2.76 bits per heavy atom. The zero-order chi connectivity index (χ0) is 17.5. The fourth-order valence-corrected chi connectivity index (χ4v) is 2.83. The van der Waals surface area contributed by atoms with Gasteiger partial charge in [0.15, 0.2) is 11.5 Å². The van der Waals surface area contributed by atoms with E-state index >= 15 is 0 Å². The van der Waals surface area contributed by atoms with Gasteiger partial charge in [0.2, 0.25) is 5.91 Å². The van der Waals surface area contributed by atoms with Gasteiger partial charge in [-0.25, -0.2) is 0 Å². The van der Waals surface area contributed by atoms with Crippen molar-refractivity contribution in [3.05, 3.63) is 53.6 Å². The van der Waals surface area contributed by atoms with Crippen LogP contribution in [0.15, 0.2) is 42.5 Å². The van der Waals surface area contributed by atoms with Crippen LogP contribution >= 0.6 is 0 Å². The quantitative estimate of drug-likeness (QED) is 0.841. The van der Waals surface area contributed by atoms with Crippen LogP contribution in [-0.2, 0) is 17.8 Å². The molecule has 1 aliphatic heterocycles. The number of carbonyl (C=O) groups is 1. The Kier molecular flexibility index (Phi) is 5.77. The van der Waals surface area contributed by atoms with Crippen LogP contribution in [-0.4, -0.2) is 26.2 Å². The molecule has 2 aromatic rings. The van der Waals surface area contributed by atoms with Crippen molar-refractivity contribution in [3.63, 3.8) is 0 Å². The monoisotopic (exact) mass is 341 g/mol. The molecule has 0 saturated heterocycles. The van der Waals surface area contributed by atoms with Gasteiger partial charge in [-0.15, -0.1) is 0 Å². The van der Waals surface area contributed by atoms with Crippen LogP contribution in [0.25, 0.3) is 0 Å². The molecule has 0 bridgehead atoms. The molecule has 132 valence electrons. The van der Waals surface area contributed by atoms with E-state index in [2.05, 4.69) is 5.32 Å². The summed E-state index contributed by atoms with van der Waals surface area (Å²) in [4.78, 5) is 12.0. The number of amides is 1. The van der Waals surface area contributed by atoms with Crippen LogP contribution in [0.1, 0.15) is 24.0 Å². The Hall–Kier alpha value is -2.69.